The van der Waals surface area contributed by atoms with Crippen LogP contribution in [0.25, 0.3) is 0 Å². The van der Waals surface area contributed by atoms with Gasteiger partial charge in [0, 0.05) is 12.1 Å². The van der Waals surface area contributed by atoms with E-state index in [9.17, 15) is 5.11 Å². The zero-order valence-electron chi connectivity index (χ0n) is 14.4. The minimum Gasteiger partial charge on any atom is -0.454 e. The molecule has 0 fully saturated rings. The molecule has 0 aromatic heterocycles. The Balaban J connectivity index is 1.57. The van der Waals surface area contributed by atoms with E-state index in [4.69, 9.17) is 18.9 Å². The number of aliphatic hydroxyl groups is 1. The van der Waals surface area contributed by atoms with Gasteiger partial charge >= 0.3 is 0 Å². The summed E-state index contributed by atoms with van der Waals surface area (Å²) in [7, 11) is 2.08. The van der Waals surface area contributed by atoms with Gasteiger partial charge in [-0.05, 0) is 54.8 Å². The standard InChI is InChI=1S/C20H19NO5/c1-21-5-4-11-6-15-16(25-9-24-15)7-13(11)20(21)8-12-2-3-14-18(26-10-23-14)17(12)19(20)22/h2-3,6-7,19,22H,4-5,8-10H2,1H3/t19?,20-/m0/s1. The van der Waals surface area contributed by atoms with Crippen LogP contribution < -0.4 is 18.9 Å². The van der Waals surface area contributed by atoms with Gasteiger partial charge in [0.05, 0.1) is 5.54 Å². The van der Waals surface area contributed by atoms with Crippen LogP contribution in [0, 0.1) is 0 Å². The number of nitrogens with zero attached hydrogens (tertiary/aromatic N) is 1. The molecule has 6 heteroatoms. The zero-order chi connectivity index (χ0) is 17.5. The molecule has 2 aromatic rings. The average Bonchev–Trinajstić information content (AvgIpc) is 3.35. The third-order valence-electron chi connectivity index (χ3n) is 6.32. The van der Waals surface area contributed by atoms with E-state index in [2.05, 4.69) is 30.1 Å². The topological polar surface area (TPSA) is 60.4 Å². The average molecular weight is 353 g/mol. The van der Waals surface area contributed by atoms with Crippen LogP contribution in [0.3, 0.4) is 0 Å². The summed E-state index contributed by atoms with van der Waals surface area (Å²) in [5.74, 6) is 2.95. The molecule has 1 N–H and O–H groups in total. The number of likely N-dealkylation sites (N-methyl/N-ethyl adjacent to an activating group) is 1. The Labute approximate surface area is 150 Å². The smallest absolute Gasteiger partial charge is 0.231 e. The van der Waals surface area contributed by atoms with Crippen LogP contribution in [0.15, 0.2) is 24.3 Å². The minimum absolute atomic E-state index is 0.205. The van der Waals surface area contributed by atoms with Crippen molar-refractivity contribution in [2.24, 2.45) is 0 Å². The van der Waals surface area contributed by atoms with Gasteiger partial charge in [-0.2, -0.15) is 0 Å². The summed E-state index contributed by atoms with van der Waals surface area (Å²) in [4.78, 5) is 2.27. The van der Waals surface area contributed by atoms with Crippen LogP contribution in [0.4, 0.5) is 0 Å². The molecule has 134 valence electrons. The fourth-order valence-corrected chi connectivity index (χ4v) is 4.99. The summed E-state index contributed by atoms with van der Waals surface area (Å²) in [5.41, 5.74) is 3.77. The van der Waals surface area contributed by atoms with Crippen LogP contribution in [0.1, 0.15) is 28.4 Å². The van der Waals surface area contributed by atoms with Crippen molar-refractivity contribution in [2.75, 3.05) is 27.2 Å². The van der Waals surface area contributed by atoms with E-state index in [0.717, 1.165) is 47.6 Å². The maximum absolute atomic E-state index is 11.5. The van der Waals surface area contributed by atoms with Gasteiger partial charge < -0.3 is 24.1 Å². The van der Waals surface area contributed by atoms with E-state index in [0.29, 0.717) is 11.5 Å². The highest BCUT2D eigenvalue weighted by Crippen LogP contribution is 2.57. The first-order valence-corrected chi connectivity index (χ1v) is 8.92. The number of benzene rings is 2. The Morgan fingerprint density at radius 3 is 2.65 bits per heavy atom. The van der Waals surface area contributed by atoms with Gasteiger partial charge in [0.15, 0.2) is 23.0 Å². The molecule has 0 saturated carbocycles. The van der Waals surface area contributed by atoms with Crippen molar-refractivity contribution in [1.82, 2.24) is 4.90 Å². The van der Waals surface area contributed by atoms with Crippen LogP contribution in [-0.2, 0) is 18.4 Å². The SMILES string of the molecule is CN1CCc2cc3c(cc2[C@]12Cc1ccc4c(c1C2O)OCO4)OCO3. The molecule has 2 atom stereocenters. The maximum Gasteiger partial charge on any atom is 0.231 e. The lowest BCUT2D eigenvalue weighted by molar-refractivity contribution is -0.0205. The van der Waals surface area contributed by atoms with Crippen molar-refractivity contribution in [2.45, 2.75) is 24.5 Å². The molecule has 1 unspecified atom stereocenters. The van der Waals surface area contributed by atoms with E-state index >= 15 is 0 Å². The van der Waals surface area contributed by atoms with Crippen LogP contribution in [0.2, 0.25) is 0 Å². The van der Waals surface area contributed by atoms with Crippen LogP contribution >= 0.6 is 0 Å². The highest BCUT2D eigenvalue weighted by molar-refractivity contribution is 5.61. The van der Waals surface area contributed by atoms with Gasteiger partial charge in [0.25, 0.3) is 0 Å². The minimum atomic E-state index is -0.696. The molecule has 6 nitrogen and oxygen atoms in total. The van der Waals surface area contributed by atoms with E-state index < -0.39 is 11.6 Å². The molecular formula is C20H19NO5. The third kappa shape index (κ3) is 1.64. The fourth-order valence-electron chi connectivity index (χ4n) is 4.99. The van der Waals surface area contributed by atoms with E-state index in [-0.39, 0.29) is 13.6 Å². The number of hydrogen-bond acceptors (Lipinski definition) is 6. The van der Waals surface area contributed by atoms with Crippen molar-refractivity contribution < 1.29 is 24.1 Å². The first kappa shape index (κ1) is 14.7. The largest absolute Gasteiger partial charge is 0.454 e. The summed E-state index contributed by atoms with van der Waals surface area (Å²) in [6, 6.07) is 8.12. The Morgan fingerprint density at radius 1 is 1.00 bits per heavy atom. The second-order valence-electron chi connectivity index (χ2n) is 7.41. The number of hydrogen-bond donors (Lipinski definition) is 1. The van der Waals surface area contributed by atoms with E-state index in [1.807, 2.05) is 6.07 Å². The van der Waals surface area contributed by atoms with E-state index in [1.165, 1.54) is 5.56 Å². The number of fused-ring (bicyclic) bond motifs is 6. The molecular weight excluding hydrogens is 334 g/mol. The molecule has 0 saturated heterocycles. The van der Waals surface area contributed by atoms with Crippen molar-refractivity contribution in [3.8, 4) is 23.0 Å². The van der Waals surface area contributed by atoms with Gasteiger partial charge in [-0.3, -0.25) is 4.90 Å². The molecule has 4 aliphatic rings. The summed E-state index contributed by atoms with van der Waals surface area (Å²) < 4.78 is 22.4. The molecule has 3 heterocycles. The predicted molar refractivity (Wildman–Crippen MR) is 91.8 cm³/mol. The Kier molecular flexibility index (Phi) is 2.74. The molecule has 1 aliphatic carbocycles. The van der Waals surface area contributed by atoms with E-state index in [1.54, 1.807) is 0 Å². The third-order valence-corrected chi connectivity index (χ3v) is 6.32. The molecule has 26 heavy (non-hydrogen) atoms. The van der Waals surface area contributed by atoms with Gasteiger partial charge in [-0.1, -0.05) is 6.07 Å². The van der Waals surface area contributed by atoms with Crippen molar-refractivity contribution in [1.29, 1.82) is 0 Å². The first-order valence-electron chi connectivity index (χ1n) is 8.92. The lowest BCUT2D eigenvalue weighted by Crippen LogP contribution is -2.51. The number of aliphatic hydroxyl groups excluding tert-OH is 1. The summed E-state index contributed by atoms with van der Waals surface area (Å²) in [5, 5.41) is 11.5. The summed E-state index contributed by atoms with van der Waals surface area (Å²) in [6.45, 7) is 1.33. The van der Waals surface area contributed by atoms with Crippen molar-refractivity contribution in [3.05, 3.63) is 46.5 Å². The number of ether oxygens (including phenoxy) is 4. The number of rotatable bonds is 0. The molecule has 0 amide bonds. The fraction of sp³-hybridized carbons (Fsp3) is 0.400. The molecule has 0 bridgehead atoms. The lowest BCUT2D eigenvalue weighted by atomic mass is 9.77. The van der Waals surface area contributed by atoms with Crippen molar-refractivity contribution >= 4 is 0 Å². The summed E-state index contributed by atoms with van der Waals surface area (Å²) >= 11 is 0. The molecule has 2 aromatic carbocycles. The summed E-state index contributed by atoms with van der Waals surface area (Å²) in [6.07, 6.45) is 0.951. The second kappa shape index (κ2) is 4.84. The molecule has 3 aliphatic heterocycles. The Morgan fingerprint density at radius 2 is 1.77 bits per heavy atom. The second-order valence-corrected chi connectivity index (χ2v) is 7.41. The van der Waals surface area contributed by atoms with Gasteiger partial charge in [0.1, 0.15) is 6.10 Å². The van der Waals surface area contributed by atoms with Crippen LogP contribution in [0.5, 0.6) is 23.0 Å². The zero-order valence-corrected chi connectivity index (χ0v) is 14.4. The van der Waals surface area contributed by atoms with Gasteiger partial charge in [-0.25, -0.2) is 0 Å². The molecule has 1 spiro atoms. The first-order chi connectivity index (χ1) is 12.7. The quantitative estimate of drug-likeness (QED) is 0.783. The predicted octanol–water partition coefficient (Wildman–Crippen LogP) is 2.12. The van der Waals surface area contributed by atoms with Gasteiger partial charge in [0.2, 0.25) is 13.6 Å². The monoisotopic (exact) mass is 353 g/mol. The van der Waals surface area contributed by atoms with Crippen LogP contribution in [-0.4, -0.2) is 37.2 Å². The highest BCUT2D eigenvalue weighted by Gasteiger charge is 2.54. The molecule has 6 rings (SSSR count). The maximum atomic E-state index is 11.5. The Bertz CT molecular complexity index is 942. The Hall–Kier alpha value is -2.44. The lowest BCUT2D eigenvalue weighted by Gasteiger charge is -2.46. The normalized spacial score (nSPS) is 27.7. The van der Waals surface area contributed by atoms with Gasteiger partial charge in [-0.15, -0.1) is 0 Å². The molecule has 0 radical (unpaired) electrons. The highest BCUT2D eigenvalue weighted by atomic mass is 16.7. The van der Waals surface area contributed by atoms with Crippen molar-refractivity contribution in [3.63, 3.8) is 0 Å².